The number of nitrogens with one attached hydrogen (secondary N) is 2. The van der Waals surface area contributed by atoms with Gasteiger partial charge in [0.25, 0.3) is 0 Å². The molecule has 0 bridgehead atoms. The fourth-order valence-corrected chi connectivity index (χ4v) is 3.69. The topological polar surface area (TPSA) is 73.7 Å². The van der Waals surface area contributed by atoms with Gasteiger partial charge in [0.1, 0.15) is 0 Å². The number of hydrogen-bond acceptors (Lipinski definition) is 5. The Balaban J connectivity index is 1.90. The molecule has 2 aromatic rings. The molecule has 5 nitrogen and oxygen atoms in total. The second-order valence-corrected chi connectivity index (χ2v) is 6.48. The van der Waals surface area contributed by atoms with Crippen molar-refractivity contribution in [3.8, 4) is 0 Å². The van der Waals surface area contributed by atoms with E-state index in [-0.39, 0.29) is 6.42 Å². The van der Waals surface area contributed by atoms with Gasteiger partial charge in [0, 0.05) is 4.91 Å². The lowest BCUT2D eigenvalue weighted by Gasteiger charge is -2.23. The second kappa shape index (κ2) is 6.67. The maximum Gasteiger partial charge on any atom is 0.308 e. The molecular weight excluding hydrogens is 318 g/mol. The van der Waals surface area contributed by atoms with Crippen LogP contribution in [0.1, 0.15) is 11.3 Å². The zero-order valence-corrected chi connectivity index (χ0v) is 13.1. The Kier molecular flexibility index (Phi) is 4.45. The van der Waals surface area contributed by atoms with E-state index in [0.29, 0.717) is 5.17 Å². The number of para-hydroxylation sites is 1. The third-order valence-corrected chi connectivity index (χ3v) is 4.73. The van der Waals surface area contributed by atoms with Gasteiger partial charge in [-0.05, 0) is 23.6 Å². The quantitative estimate of drug-likeness (QED) is 0.800. The molecule has 22 heavy (non-hydrogen) atoms. The molecular formula is C15H13N3O2S2. The normalized spacial score (nSPS) is 16.3. The average Bonchev–Trinajstić information content (AvgIpc) is 3.02. The number of carboxylic acid groups (broad SMARTS) is 1. The van der Waals surface area contributed by atoms with E-state index in [0.717, 1.165) is 21.2 Å². The molecule has 3 N–H and O–H groups in total. The Labute approximate surface area is 135 Å². The number of aliphatic imine (C=N–C) groups is 1. The number of thioether (sulfide) groups is 1. The summed E-state index contributed by atoms with van der Waals surface area (Å²) in [6.07, 6.45) is -0.0413. The van der Waals surface area contributed by atoms with Crippen molar-refractivity contribution in [3.63, 3.8) is 0 Å². The van der Waals surface area contributed by atoms with Gasteiger partial charge in [0.05, 0.1) is 22.7 Å². The average molecular weight is 331 g/mol. The van der Waals surface area contributed by atoms with Crippen LogP contribution in [0.5, 0.6) is 0 Å². The fourth-order valence-electron chi connectivity index (χ4n) is 1.93. The highest BCUT2D eigenvalue weighted by Gasteiger charge is 2.21. The van der Waals surface area contributed by atoms with E-state index >= 15 is 0 Å². The second-order valence-electron chi connectivity index (χ2n) is 4.45. The number of nitrogens with zero attached hydrogens (tertiary/aromatic N) is 1. The van der Waals surface area contributed by atoms with Crippen LogP contribution < -0.4 is 10.9 Å². The summed E-state index contributed by atoms with van der Waals surface area (Å²) in [7, 11) is 0. The molecule has 112 valence electrons. The van der Waals surface area contributed by atoms with E-state index in [1.54, 1.807) is 11.3 Å². The molecule has 0 amide bonds. The van der Waals surface area contributed by atoms with E-state index < -0.39 is 5.97 Å². The summed E-state index contributed by atoms with van der Waals surface area (Å²) in [5.41, 5.74) is 7.71. The first-order valence-electron chi connectivity index (χ1n) is 6.55. The number of hydrazine groups is 1. The van der Waals surface area contributed by atoms with Crippen LogP contribution in [-0.4, -0.2) is 16.2 Å². The molecule has 0 unspecified atom stereocenters. The highest BCUT2D eigenvalue weighted by molar-refractivity contribution is 8.17. The van der Waals surface area contributed by atoms with Gasteiger partial charge < -0.3 is 5.11 Å². The maximum atomic E-state index is 11.1. The first kappa shape index (κ1) is 14.7. The first-order valence-corrected chi connectivity index (χ1v) is 8.24. The number of carbonyl (C=O) groups is 1. The van der Waals surface area contributed by atoms with Crippen LogP contribution >= 0.6 is 23.1 Å². The van der Waals surface area contributed by atoms with Crippen molar-refractivity contribution in [1.29, 1.82) is 0 Å². The number of benzene rings is 1. The minimum Gasteiger partial charge on any atom is -0.481 e. The molecule has 1 aromatic carbocycles. The van der Waals surface area contributed by atoms with Crippen LogP contribution in [0.15, 0.2) is 57.7 Å². The van der Waals surface area contributed by atoms with Crippen molar-refractivity contribution in [1.82, 2.24) is 10.9 Å². The molecule has 0 aliphatic carbocycles. The Bertz CT molecular complexity index is 725. The van der Waals surface area contributed by atoms with Crippen molar-refractivity contribution < 1.29 is 9.90 Å². The van der Waals surface area contributed by atoms with Crippen LogP contribution in [0.3, 0.4) is 0 Å². The molecule has 1 aromatic heterocycles. The molecule has 0 saturated heterocycles. The van der Waals surface area contributed by atoms with E-state index in [4.69, 9.17) is 5.11 Å². The van der Waals surface area contributed by atoms with Gasteiger partial charge in [0.2, 0.25) is 0 Å². The van der Waals surface area contributed by atoms with Crippen LogP contribution in [0, 0.1) is 0 Å². The molecule has 0 fully saturated rings. The van der Waals surface area contributed by atoms with Crippen molar-refractivity contribution in [2.45, 2.75) is 6.42 Å². The predicted octanol–water partition coefficient (Wildman–Crippen LogP) is 3.42. The molecule has 0 atom stereocenters. The SMILES string of the molecule is O=C(O)CC1=C(c2cccs2)NNC(=Nc2ccccc2)S1. The number of amidine groups is 1. The lowest BCUT2D eigenvalue weighted by molar-refractivity contribution is -0.136. The number of carboxylic acids is 1. The van der Waals surface area contributed by atoms with Crippen LogP contribution in [0.4, 0.5) is 5.69 Å². The summed E-state index contributed by atoms with van der Waals surface area (Å²) in [5.74, 6) is -0.862. The summed E-state index contributed by atoms with van der Waals surface area (Å²) in [5, 5.41) is 11.7. The largest absolute Gasteiger partial charge is 0.481 e. The smallest absolute Gasteiger partial charge is 0.308 e. The monoisotopic (exact) mass is 331 g/mol. The van der Waals surface area contributed by atoms with E-state index in [1.807, 2.05) is 47.8 Å². The highest BCUT2D eigenvalue weighted by Crippen LogP contribution is 2.33. The van der Waals surface area contributed by atoms with E-state index in [2.05, 4.69) is 15.8 Å². The Morgan fingerprint density at radius 1 is 1.14 bits per heavy atom. The lowest BCUT2D eigenvalue weighted by atomic mass is 10.3. The minimum atomic E-state index is -0.862. The van der Waals surface area contributed by atoms with Crippen LogP contribution in [-0.2, 0) is 4.79 Å². The summed E-state index contributed by atoms with van der Waals surface area (Å²) in [6.45, 7) is 0. The van der Waals surface area contributed by atoms with Gasteiger partial charge in [-0.3, -0.25) is 15.6 Å². The Hall–Kier alpha value is -2.25. The third kappa shape index (κ3) is 3.49. The summed E-state index contributed by atoms with van der Waals surface area (Å²) in [4.78, 5) is 17.3. The van der Waals surface area contributed by atoms with E-state index in [9.17, 15) is 4.79 Å². The Morgan fingerprint density at radius 2 is 1.95 bits per heavy atom. The lowest BCUT2D eigenvalue weighted by Crippen LogP contribution is -2.38. The molecule has 0 spiro atoms. The highest BCUT2D eigenvalue weighted by atomic mass is 32.2. The van der Waals surface area contributed by atoms with Gasteiger partial charge >= 0.3 is 5.97 Å². The molecule has 0 radical (unpaired) electrons. The first-order chi connectivity index (χ1) is 10.7. The van der Waals surface area contributed by atoms with Gasteiger partial charge in [-0.15, -0.1) is 11.3 Å². The van der Waals surface area contributed by atoms with Crippen LogP contribution in [0.2, 0.25) is 0 Å². The van der Waals surface area contributed by atoms with Crippen molar-refractivity contribution in [2.24, 2.45) is 4.99 Å². The van der Waals surface area contributed by atoms with Crippen molar-refractivity contribution >= 4 is 45.6 Å². The maximum absolute atomic E-state index is 11.1. The third-order valence-electron chi connectivity index (χ3n) is 2.86. The molecule has 7 heteroatoms. The number of hydrogen-bond donors (Lipinski definition) is 3. The zero-order chi connectivity index (χ0) is 15.4. The zero-order valence-electron chi connectivity index (χ0n) is 11.4. The number of aliphatic carboxylic acids is 1. The molecule has 2 heterocycles. The van der Waals surface area contributed by atoms with Crippen molar-refractivity contribution in [3.05, 3.63) is 57.6 Å². The predicted molar refractivity (Wildman–Crippen MR) is 90.9 cm³/mol. The van der Waals surface area contributed by atoms with E-state index in [1.165, 1.54) is 11.8 Å². The summed E-state index contributed by atoms with van der Waals surface area (Å²) >= 11 is 2.90. The van der Waals surface area contributed by atoms with Crippen molar-refractivity contribution in [2.75, 3.05) is 0 Å². The van der Waals surface area contributed by atoms with Gasteiger partial charge in [-0.25, -0.2) is 4.99 Å². The minimum absolute atomic E-state index is 0.0413. The van der Waals surface area contributed by atoms with Gasteiger partial charge in [-0.1, -0.05) is 36.0 Å². The molecule has 1 aliphatic heterocycles. The molecule has 1 aliphatic rings. The molecule has 3 rings (SSSR count). The Morgan fingerprint density at radius 3 is 2.64 bits per heavy atom. The van der Waals surface area contributed by atoms with Gasteiger partial charge in [-0.2, -0.15) is 0 Å². The summed E-state index contributed by atoms with van der Waals surface area (Å²) < 4.78 is 0. The molecule has 0 saturated carbocycles. The standard InChI is InChI=1S/C15H13N3O2S2/c19-13(20)9-12-14(11-7-4-8-21-11)17-18-15(22-12)16-10-5-2-1-3-6-10/h1-8,17H,9H2,(H,16,18)(H,19,20). The summed E-state index contributed by atoms with van der Waals surface area (Å²) in [6, 6.07) is 13.4. The number of thiophene rings is 1. The van der Waals surface area contributed by atoms with Crippen LogP contribution in [0.25, 0.3) is 5.70 Å². The van der Waals surface area contributed by atoms with Gasteiger partial charge in [0.15, 0.2) is 5.17 Å². The fraction of sp³-hybridized carbons (Fsp3) is 0.0667. The number of rotatable bonds is 4.